The molecule has 128 valence electrons. The van der Waals surface area contributed by atoms with E-state index in [1.54, 1.807) is 18.2 Å². The zero-order chi connectivity index (χ0) is 17.5. The minimum absolute atomic E-state index is 0.146. The molecule has 0 N–H and O–H groups in total. The summed E-state index contributed by atoms with van der Waals surface area (Å²) in [7, 11) is 1.39. The molecule has 24 heavy (non-hydrogen) atoms. The quantitative estimate of drug-likeness (QED) is 0.334. The monoisotopic (exact) mass is 332 g/mol. The van der Waals surface area contributed by atoms with Crippen LogP contribution in [0.1, 0.15) is 26.7 Å². The van der Waals surface area contributed by atoms with Gasteiger partial charge >= 0.3 is 11.6 Å². The van der Waals surface area contributed by atoms with E-state index in [1.165, 1.54) is 14.0 Å². The van der Waals surface area contributed by atoms with Gasteiger partial charge in [0, 0.05) is 6.92 Å². The summed E-state index contributed by atoms with van der Waals surface area (Å²) >= 11 is 0. The molecule has 0 spiro atoms. The van der Waals surface area contributed by atoms with E-state index in [9.17, 15) is 9.59 Å². The van der Waals surface area contributed by atoms with Gasteiger partial charge in [0.2, 0.25) is 0 Å². The van der Waals surface area contributed by atoms with E-state index in [4.69, 9.17) is 18.6 Å². The Balaban J connectivity index is 2.42. The summed E-state index contributed by atoms with van der Waals surface area (Å²) < 4.78 is 21.2. The molecule has 1 aromatic heterocycles. The highest BCUT2D eigenvalue weighted by Gasteiger charge is 2.20. The van der Waals surface area contributed by atoms with Crippen LogP contribution in [0.15, 0.2) is 39.6 Å². The van der Waals surface area contributed by atoms with Gasteiger partial charge in [-0.05, 0) is 25.0 Å². The fraction of sp³-hybridized carbons (Fsp3) is 0.333. The van der Waals surface area contributed by atoms with Crippen LogP contribution in [0.2, 0.25) is 0 Å². The summed E-state index contributed by atoms with van der Waals surface area (Å²) in [4.78, 5) is 23.3. The van der Waals surface area contributed by atoms with Gasteiger partial charge in [0.05, 0.1) is 19.1 Å². The molecule has 0 saturated heterocycles. The Kier molecular flexibility index (Phi) is 6.01. The molecule has 1 heterocycles. The molecule has 0 amide bonds. The first-order valence-electron chi connectivity index (χ1n) is 7.68. The molecule has 0 aliphatic heterocycles. The van der Waals surface area contributed by atoms with Crippen molar-refractivity contribution in [2.24, 2.45) is 0 Å². The summed E-state index contributed by atoms with van der Waals surface area (Å²) in [5, 5.41) is 0.495. The number of methoxy groups -OCH3 is 1. The zero-order valence-corrected chi connectivity index (χ0v) is 14.0. The molecule has 0 bridgehead atoms. The first kappa shape index (κ1) is 17.6. The summed E-state index contributed by atoms with van der Waals surface area (Å²) in [5.74, 6) is -0.314. The molecular formula is C18H20O6. The number of benzene rings is 1. The number of carbonyl (C=O) groups is 1. The summed E-state index contributed by atoms with van der Waals surface area (Å²) in [5.41, 5.74) is -0.536. The SMILES string of the molecule is CCC=CCCOc1cccc2c(OC)c(OC(C)=O)c(=O)oc12. The van der Waals surface area contributed by atoms with Crippen LogP contribution in [0.5, 0.6) is 17.2 Å². The highest BCUT2D eigenvalue weighted by molar-refractivity contribution is 5.90. The van der Waals surface area contributed by atoms with Crippen LogP contribution >= 0.6 is 0 Å². The third kappa shape index (κ3) is 3.95. The molecule has 2 rings (SSSR count). The number of hydrogen-bond donors (Lipinski definition) is 0. The van der Waals surface area contributed by atoms with E-state index in [0.29, 0.717) is 17.7 Å². The van der Waals surface area contributed by atoms with E-state index >= 15 is 0 Å². The summed E-state index contributed by atoms with van der Waals surface area (Å²) in [6.07, 6.45) is 5.80. The van der Waals surface area contributed by atoms with Gasteiger partial charge in [0.25, 0.3) is 5.75 Å². The molecule has 0 atom stereocenters. The van der Waals surface area contributed by atoms with Crippen LogP contribution in [-0.2, 0) is 4.79 Å². The molecule has 1 aromatic carbocycles. The lowest BCUT2D eigenvalue weighted by Crippen LogP contribution is -2.13. The molecular weight excluding hydrogens is 312 g/mol. The fourth-order valence-corrected chi connectivity index (χ4v) is 2.22. The van der Waals surface area contributed by atoms with Crippen molar-refractivity contribution in [2.75, 3.05) is 13.7 Å². The third-order valence-corrected chi connectivity index (χ3v) is 3.20. The number of ether oxygens (including phenoxy) is 3. The zero-order valence-electron chi connectivity index (χ0n) is 14.0. The summed E-state index contributed by atoms with van der Waals surface area (Å²) in [6, 6.07) is 5.16. The molecule has 0 fully saturated rings. The molecule has 6 nitrogen and oxygen atoms in total. The Labute approximate surface area is 139 Å². The lowest BCUT2D eigenvalue weighted by molar-refractivity contribution is -0.132. The Hall–Kier alpha value is -2.76. The second-order valence-corrected chi connectivity index (χ2v) is 5.00. The highest BCUT2D eigenvalue weighted by atomic mass is 16.6. The van der Waals surface area contributed by atoms with E-state index in [1.807, 2.05) is 6.08 Å². The van der Waals surface area contributed by atoms with Crippen LogP contribution < -0.4 is 19.8 Å². The smallest absolute Gasteiger partial charge is 0.383 e. The van der Waals surface area contributed by atoms with Crippen LogP contribution in [0.3, 0.4) is 0 Å². The van der Waals surface area contributed by atoms with Crippen molar-refractivity contribution in [1.29, 1.82) is 0 Å². The second kappa shape index (κ2) is 8.19. The molecule has 0 radical (unpaired) electrons. The maximum atomic E-state index is 12.1. The van der Waals surface area contributed by atoms with Crippen molar-refractivity contribution in [3.63, 3.8) is 0 Å². The number of carbonyl (C=O) groups excluding carboxylic acids is 1. The fourth-order valence-electron chi connectivity index (χ4n) is 2.22. The second-order valence-electron chi connectivity index (χ2n) is 5.00. The van der Waals surface area contributed by atoms with Crippen molar-refractivity contribution in [2.45, 2.75) is 26.7 Å². The third-order valence-electron chi connectivity index (χ3n) is 3.20. The maximum absolute atomic E-state index is 12.1. The van der Waals surface area contributed by atoms with E-state index in [2.05, 4.69) is 13.0 Å². The Morgan fingerprint density at radius 3 is 2.71 bits per heavy atom. The van der Waals surface area contributed by atoms with Crippen molar-refractivity contribution < 1.29 is 23.4 Å². The van der Waals surface area contributed by atoms with Crippen LogP contribution in [0.25, 0.3) is 11.0 Å². The van der Waals surface area contributed by atoms with Crippen LogP contribution in [0, 0.1) is 0 Å². The molecule has 0 aliphatic rings. The first-order chi connectivity index (χ1) is 11.6. The molecule has 0 unspecified atom stereocenters. The predicted octanol–water partition coefficient (Wildman–Crippen LogP) is 3.46. The first-order valence-corrected chi connectivity index (χ1v) is 7.68. The number of hydrogen-bond acceptors (Lipinski definition) is 6. The average Bonchev–Trinajstić information content (AvgIpc) is 2.55. The number of para-hydroxylation sites is 1. The minimum atomic E-state index is -0.795. The number of esters is 1. The number of allylic oxidation sites excluding steroid dienone is 1. The van der Waals surface area contributed by atoms with Gasteiger partial charge < -0.3 is 18.6 Å². The lowest BCUT2D eigenvalue weighted by Gasteiger charge is -2.12. The van der Waals surface area contributed by atoms with Crippen LogP contribution in [0.4, 0.5) is 0 Å². The Bertz CT molecular complexity index is 803. The largest absolute Gasteiger partial charge is 0.492 e. The topological polar surface area (TPSA) is 75.0 Å². The number of rotatable bonds is 7. The van der Waals surface area contributed by atoms with Crippen molar-refractivity contribution in [3.8, 4) is 17.2 Å². The predicted molar refractivity (Wildman–Crippen MR) is 89.9 cm³/mol. The summed E-state index contributed by atoms with van der Waals surface area (Å²) in [6.45, 7) is 3.71. The van der Waals surface area contributed by atoms with E-state index in [-0.39, 0.29) is 17.1 Å². The highest BCUT2D eigenvalue weighted by Crippen LogP contribution is 2.36. The standard InChI is InChI=1S/C18H20O6/c1-4-5-6-7-11-22-14-10-8-9-13-15(14)24-18(20)17(16(13)21-3)23-12(2)19/h5-6,8-10H,4,7,11H2,1-3H3. The van der Waals surface area contributed by atoms with Crippen LogP contribution in [-0.4, -0.2) is 19.7 Å². The minimum Gasteiger partial charge on any atom is -0.492 e. The van der Waals surface area contributed by atoms with Gasteiger partial charge in [-0.15, -0.1) is 0 Å². The molecule has 6 heteroatoms. The van der Waals surface area contributed by atoms with Crippen molar-refractivity contribution in [3.05, 3.63) is 40.8 Å². The molecule has 0 aliphatic carbocycles. The lowest BCUT2D eigenvalue weighted by atomic mass is 10.2. The molecule has 0 saturated carbocycles. The molecule has 2 aromatic rings. The van der Waals surface area contributed by atoms with Gasteiger partial charge in [-0.3, -0.25) is 4.79 Å². The van der Waals surface area contributed by atoms with Gasteiger partial charge in [-0.1, -0.05) is 25.1 Å². The van der Waals surface area contributed by atoms with Gasteiger partial charge in [0.15, 0.2) is 17.1 Å². The van der Waals surface area contributed by atoms with Gasteiger partial charge in [0.1, 0.15) is 0 Å². The van der Waals surface area contributed by atoms with Crippen molar-refractivity contribution in [1.82, 2.24) is 0 Å². The van der Waals surface area contributed by atoms with Gasteiger partial charge in [-0.2, -0.15) is 0 Å². The van der Waals surface area contributed by atoms with E-state index in [0.717, 1.165) is 12.8 Å². The van der Waals surface area contributed by atoms with Gasteiger partial charge in [-0.25, -0.2) is 4.79 Å². The maximum Gasteiger partial charge on any atom is 0.383 e. The Morgan fingerprint density at radius 2 is 2.04 bits per heavy atom. The normalized spacial score (nSPS) is 11.0. The number of fused-ring (bicyclic) bond motifs is 1. The van der Waals surface area contributed by atoms with E-state index < -0.39 is 11.6 Å². The Morgan fingerprint density at radius 1 is 1.25 bits per heavy atom. The van der Waals surface area contributed by atoms with Crippen molar-refractivity contribution >= 4 is 16.9 Å². The average molecular weight is 332 g/mol.